The van der Waals surface area contributed by atoms with Gasteiger partial charge in [-0.15, -0.1) is 0 Å². The molecule has 1 heterocycles. The van der Waals surface area contributed by atoms with Crippen molar-refractivity contribution in [2.75, 3.05) is 32.1 Å². The molecule has 0 aromatic carbocycles. The van der Waals surface area contributed by atoms with Gasteiger partial charge < -0.3 is 4.74 Å². The lowest BCUT2D eigenvalue weighted by molar-refractivity contribution is 0.0773. The van der Waals surface area contributed by atoms with Gasteiger partial charge in [-0.3, -0.25) is 0 Å². The minimum atomic E-state index is 0.922. The van der Waals surface area contributed by atoms with E-state index >= 15 is 0 Å². The van der Waals surface area contributed by atoms with Crippen molar-refractivity contribution >= 4 is 11.9 Å². The molecule has 0 amide bonds. The number of ether oxygens (including phenoxy) is 1. The van der Waals surface area contributed by atoms with Crippen molar-refractivity contribution in [1.29, 1.82) is 0 Å². The number of nitrogens with zero attached hydrogens (tertiary/aromatic N) is 1. The molecule has 1 rings (SSSR count). The Kier molecular flexibility index (Phi) is 12.1. The molecular weight excluding hydrogens is 254 g/mol. The average molecular weight is 288 g/mol. The summed E-state index contributed by atoms with van der Waals surface area (Å²) < 4.78 is 7.82. The maximum atomic E-state index is 5.35. The molecule has 0 N–H and O–H groups in total. The summed E-state index contributed by atoms with van der Waals surface area (Å²) in [5.41, 5.74) is 0. The van der Waals surface area contributed by atoms with Gasteiger partial charge in [0, 0.05) is 18.8 Å². The Morgan fingerprint density at radius 2 is 1.32 bits per heavy atom. The zero-order chi connectivity index (χ0) is 13.6. The maximum absolute atomic E-state index is 5.35. The molecule has 0 aliphatic carbocycles. The predicted molar refractivity (Wildman–Crippen MR) is 86.7 cm³/mol. The van der Waals surface area contributed by atoms with Gasteiger partial charge in [-0.1, -0.05) is 76.7 Å². The standard InChI is InChI=1S/C16H33NOS/c1-2-3-4-5-6-7-8-9-10-11-16-19-17-12-14-18-15-13-17/h2-16H2,1H3. The first-order valence-electron chi connectivity index (χ1n) is 8.39. The second-order valence-electron chi connectivity index (χ2n) is 5.56. The second-order valence-corrected chi connectivity index (χ2v) is 6.74. The van der Waals surface area contributed by atoms with Crippen LogP contribution in [0.5, 0.6) is 0 Å². The van der Waals surface area contributed by atoms with Gasteiger partial charge in [-0.2, -0.15) is 0 Å². The van der Waals surface area contributed by atoms with Crippen LogP contribution in [0.2, 0.25) is 0 Å². The van der Waals surface area contributed by atoms with Crippen LogP contribution in [0, 0.1) is 0 Å². The van der Waals surface area contributed by atoms with Crippen molar-refractivity contribution in [2.24, 2.45) is 0 Å². The monoisotopic (exact) mass is 287 g/mol. The highest BCUT2D eigenvalue weighted by Gasteiger charge is 2.09. The molecule has 1 fully saturated rings. The molecule has 3 heteroatoms. The molecule has 0 radical (unpaired) electrons. The fourth-order valence-corrected chi connectivity index (χ4v) is 3.46. The van der Waals surface area contributed by atoms with E-state index in [1.807, 2.05) is 11.9 Å². The average Bonchev–Trinajstić information content (AvgIpc) is 2.46. The molecule has 0 unspecified atom stereocenters. The predicted octanol–water partition coefficient (Wildman–Crippen LogP) is 4.89. The fraction of sp³-hybridized carbons (Fsp3) is 1.00. The highest BCUT2D eigenvalue weighted by atomic mass is 32.2. The minimum absolute atomic E-state index is 0.922. The molecule has 1 aliphatic rings. The van der Waals surface area contributed by atoms with Crippen molar-refractivity contribution in [3.8, 4) is 0 Å². The summed E-state index contributed by atoms with van der Waals surface area (Å²) in [4.78, 5) is 0. The summed E-state index contributed by atoms with van der Waals surface area (Å²) in [6, 6.07) is 0. The van der Waals surface area contributed by atoms with E-state index in [1.165, 1.54) is 70.0 Å². The normalized spacial score (nSPS) is 16.9. The van der Waals surface area contributed by atoms with Crippen molar-refractivity contribution in [1.82, 2.24) is 4.31 Å². The van der Waals surface area contributed by atoms with Crippen LogP contribution in [0.15, 0.2) is 0 Å². The molecular formula is C16H33NOS. The summed E-state index contributed by atoms with van der Waals surface area (Å²) >= 11 is 2.03. The van der Waals surface area contributed by atoms with Gasteiger partial charge in [0.2, 0.25) is 0 Å². The summed E-state index contributed by atoms with van der Waals surface area (Å²) in [6.07, 6.45) is 14.3. The van der Waals surface area contributed by atoms with Crippen LogP contribution in [0.25, 0.3) is 0 Å². The summed E-state index contributed by atoms with van der Waals surface area (Å²) in [5, 5.41) is 0. The van der Waals surface area contributed by atoms with Crippen LogP contribution in [0.1, 0.15) is 71.1 Å². The Bertz CT molecular complexity index is 184. The first-order chi connectivity index (χ1) is 9.43. The first kappa shape index (κ1) is 17.3. The molecule has 0 atom stereocenters. The number of morpholine rings is 1. The number of hydrogen-bond donors (Lipinski definition) is 0. The zero-order valence-corrected chi connectivity index (χ0v) is 13.7. The van der Waals surface area contributed by atoms with E-state index in [0.29, 0.717) is 0 Å². The molecule has 0 bridgehead atoms. The lowest BCUT2D eigenvalue weighted by atomic mass is 10.1. The fourth-order valence-electron chi connectivity index (χ4n) is 2.46. The van der Waals surface area contributed by atoms with Crippen molar-refractivity contribution in [2.45, 2.75) is 71.1 Å². The third-order valence-corrected chi connectivity index (χ3v) is 4.94. The Balaban J connectivity index is 1.71. The second kappa shape index (κ2) is 13.3. The van der Waals surface area contributed by atoms with Crippen LogP contribution in [-0.2, 0) is 4.74 Å². The SMILES string of the molecule is CCCCCCCCCCCCSN1CCOCC1. The van der Waals surface area contributed by atoms with Crippen LogP contribution in [-0.4, -0.2) is 36.4 Å². The molecule has 0 aromatic rings. The lowest BCUT2D eigenvalue weighted by Gasteiger charge is -2.25. The van der Waals surface area contributed by atoms with E-state index in [9.17, 15) is 0 Å². The van der Waals surface area contributed by atoms with Crippen LogP contribution >= 0.6 is 11.9 Å². The van der Waals surface area contributed by atoms with Crippen LogP contribution in [0.4, 0.5) is 0 Å². The Labute approximate surface area is 124 Å². The zero-order valence-electron chi connectivity index (χ0n) is 12.9. The van der Waals surface area contributed by atoms with Crippen LogP contribution in [0.3, 0.4) is 0 Å². The number of rotatable bonds is 12. The summed E-state index contributed by atoms with van der Waals surface area (Å²) in [5.74, 6) is 1.30. The first-order valence-corrected chi connectivity index (χ1v) is 9.33. The van der Waals surface area contributed by atoms with E-state index in [2.05, 4.69) is 11.2 Å². The molecule has 19 heavy (non-hydrogen) atoms. The van der Waals surface area contributed by atoms with E-state index in [0.717, 1.165) is 26.3 Å². The van der Waals surface area contributed by atoms with Gasteiger partial charge in [-0.05, 0) is 6.42 Å². The van der Waals surface area contributed by atoms with Gasteiger partial charge >= 0.3 is 0 Å². The Hall–Kier alpha value is 0.270. The molecule has 114 valence electrons. The van der Waals surface area contributed by atoms with E-state index in [4.69, 9.17) is 4.74 Å². The third-order valence-electron chi connectivity index (χ3n) is 3.74. The van der Waals surface area contributed by atoms with E-state index < -0.39 is 0 Å². The van der Waals surface area contributed by atoms with E-state index in [1.54, 1.807) is 0 Å². The minimum Gasteiger partial charge on any atom is -0.379 e. The topological polar surface area (TPSA) is 12.5 Å². The molecule has 0 saturated carbocycles. The summed E-state index contributed by atoms with van der Waals surface area (Å²) in [7, 11) is 0. The van der Waals surface area contributed by atoms with Crippen molar-refractivity contribution < 1.29 is 4.74 Å². The Morgan fingerprint density at radius 3 is 1.89 bits per heavy atom. The number of hydrogen-bond acceptors (Lipinski definition) is 3. The van der Waals surface area contributed by atoms with Crippen molar-refractivity contribution in [3.63, 3.8) is 0 Å². The quantitative estimate of drug-likeness (QED) is 0.375. The summed E-state index contributed by atoms with van der Waals surface area (Å²) in [6.45, 7) is 6.36. The van der Waals surface area contributed by atoms with Crippen molar-refractivity contribution in [3.05, 3.63) is 0 Å². The third kappa shape index (κ3) is 10.7. The molecule has 0 aromatic heterocycles. The van der Waals surface area contributed by atoms with E-state index in [-0.39, 0.29) is 0 Å². The highest BCUT2D eigenvalue weighted by molar-refractivity contribution is 7.97. The molecule has 0 spiro atoms. The molecule has 1 aliphatic heterocycles. The van der Waals surface area contributed by atoms with Gasteiger partial charge in [0.25, 0.3) is 0 Å². The number of unbranched alkanes of at least 4 members (excludes halogenated alkanes) is 9. The largest absolute Gasteiger partial charge is 0.379 e. The lowest BCUT2D eigenvalue weighted by Crippen LogP contribution is -2.31. The molecule has 2 nitrogen and oxygen atoms in total. The Morgan fingerprint density at radius 1 is 0.789 bits per heavy atom. The van der Waals surface area contributed by atoms with Gasteiger partial charge in [0.15, 0.2) is 0 Å². The van der Waals surface area contributed by atoms with Gasteiger partial charge in [0.1, 0.15) is 0 Å². The van der Waals surface area contributed by atoms with Gasteiger partial charge in [-0.25, -0.2) is 4.31 Å². The van der Waals surface area contributed by atoms with Crippen LogP contribution < -0.4 is 0 Å². The molecule has 1 saturated heterocycles. The maximum Gasteiger partial charge on any atom is 0.0603 e. The van der Waals surface area contributed by atoms with Gasteiger partial charge in [0.05, 0.1) is 13.2 Å². The highest BCUT2D eigenvalue weighted by Crippen LogP contribution is 2.16. The smallest absolute Gasteiger partial charge is 0.0603 e.